The maximum Gasteiger partial charge on any atom is 0.226 e. The summed E-state index contributed by atoms with van der Waals surface area (Å²) in [6, 6.07) is 4.24. The van der Waals surface area contributed by atoms with Gasteiger partial charge in [-0.2, -0.15) is 4.98 Å². The molecule has 7 heteroatoms. The fraction of sp³-hybridized carbons (Fsp3) is 0.286. The predicted molar refractivity (Wildman–Crippen MR) is 95.7 cm³/mol. The van der Waals surface area contributed by atoms with Gasteiger partial charge in [-0.25, -0.2) is 4.98 Å². The zero-order chi connectivity index (χ0) is 14.8. The Kier molecular flexibility index (Phi) is 4.42. The minimum atomic E-state index is 0.695. The first-order valence-corrected chi connectivity index (χ1v) is 9.15. The largest absolute Gasteiger partial charge is 0.355 e. The lowest BCUT2D eigenvalue weighted by Gasteiger charge is -2.19. The summed E-state index contributed by atoms with van der Waals surface area (Å²) in [4.78, 5) is 12.4. The first-order valence-electron chi connectivity index (χ1n) is 6.60. The molecule has 3 rings (SSSR count). The van der Waals surface area contributed by atoms with Crippen molar-refractivity contribution in [3.63, 3.8) is 0 Å². The minimum Gasteiger partial charge on any atom is -0.355 e. The highest BCUT2D eigenvalue weighted by molar-refractivity contribution is 9.11. The molecule has 0 amide bonds. The molecule has 3 aromatic rings. The molecule has 0 atom stereocenters. The van der Waals surface area contributed by atoms with Gasteiger partial charge >= 0.3 is 0 Å². The molecule has 110 valence electrons. The number of fused-ring (bicyclic) bond motifs is 1. The molecular weight excluding hydrogens is 368 g/mol. The first kappa shape index (κ1) is 14.7. The maximum absolute atomic E-state index is 4.67. The van der Waals surface area contributed by atoms with Crippen LogP contribution >= 0.6 is 38.6 Å². The van der Waals surface area contributed by atoms with Crippen molar-refractivity contribution in [2.75, 3.05) is 23.8 Å². The lowest BCUT2D eigenvalue weighted by molar-refractivity contribution is 0.903. The summed E-state index contributed by atoms with van der Waals surface area (Å²) in [5.41, 5.74) is 1.28. The van der Waals surface area contributed by atoms with Crippen LogP contribution in [0.25, 0.3) is 10.2 Å². The van der Waals surface area contributed by atoms with Crippen LogP contribution in [0.3, 0.4) is 0 Å². The third-order valence-electron chi connectivity index (χ3n) is 3.04. The molecule has 0 spiro atoms. The van der Waals surface area contributed by atoms with Gasteiger partial charge in [0.15, 0.2) is 0 Å². The Hall–Kier alpha value is -1.18. The number of hydrogen-bond donors (Lipinski definition) is 1. The van der Waals surface area contributed by atoms with Gasteiger partial charge in [-0.3, -0.25) is 0 Å². The zero-order valence-corrected chi connectivity index (χ0v) is 15.0. The molecule has 0 saturated heterocycles. The third-order valence-corrected chi connectivity index (χ3v) is 5.40. The van der Waals surface area contributed by atoms with E-state index >= 15 is 0 Å². The second kappa shape index (κ2) is 6.29. The van der Waals surface area contributed by atoms with Gasteiger partial charge < -0.3 is 10.2 Å². The number of thiophene rings is 2. The van der Waals surface area contributed by atoms with Crippen LogP contribution < -0.4 is 10.2 Å². The van der Waals surface area contributed by atoms with Gasteiger partial charge in [0.25, 0.3) is 0 Å². The number of anilines is 2. The molecule has 0 aromatic carbocycles. The molecule has 21 heavy (non-hydrogen) atoms. The van der Waals surface area contributed by atoms with E-state index in [1.807, 2.05) is 6.92 Å². The SMILES string of the molecule is CCNc1nc(N(C)Cc2csc(Br)c2)c2ccsc2n1. The Morgan fingerprint density at radius 1 is 1.33 bits per heavy atom. The van der Waals surface area contributed by atoms with Crippen molar-refractivity contribution < 1.29 is 0 Å². The minimum absolute atomic E-state index is 0.695. The molecule has 0 aliphatic heterocycles. The second-order valence-corrected chi connectivity index (χ2v) is 7.84. The van der Waals surface area contributed by atoms with Crippen molar-refractivity contribution >= 4 is 60.6 Å². The van der Waals surface area contributed by atoms with E-state index in [0.717, 1.165) is 32.9 Å². The Labute approximate surface area is 140 Å². The van der Waals surface area contributed by atoms with Gasteiger partial charge in [0.05, 0.1) is 9.17 Å². The van der Waals surface area contributed by atoms with E-state index < -0.39 is 0 Å². The van der Waals surface area contributed by atoms with Crippen LogP contribution in [0, 0.1) is 0 Å². The van der Waals surface area contributed by atoms with Gasteiger partial charge in [0.2, 0.25) is 5.95 Å². The van der Waals surface area contributed by atoms with Gasteiger partial charge in [0.1, 0.15) is 10.6 Å². The van der Waals surface area contributed by atoms with Crippen LogP contribution in [0.15, 0.2) is 26.7 Å². The Bertz CT molecular complexity index is 752. The molecule has 0 bridgehead atoms. The fourth-order valence-corrected chi connectivity index (χ4v) is 4.10. The van der Waals surface area contributed by atoms with Crippen molar-refractivity contribution in [2.24, 2.45) is 0 Å². The number of nitrogens with zero attached hydrogens (tertiary/aromatic N) is 3. The number of rotatable bonds is 5. The van der Waals surface area contributed by atoms with Crippen molar-refractivity contribution in [3.8, 4) is 0 Å². The lowest BCUT2D eigenvalue weighted by atomic mass is 10.3. The predicted octanol–water partition coefficient (Wildman–Crippen LogP) is 4.58. The summed E-state index contributed by atoms with van der Waals surface area (Å²) in [6.07, 6.45) is 0. The molecule has 1 N–H and O–H groups in total. The first-order chi connectivity index (χ1) is 10.2. The number of halogens is 1. The topological polar surface area (TPSA) is 41.1 Å². The van der Waals surface area contributed by atoms with Gasteiger partial charge in [0, 0.05) is 20.1 Å². The van der Waals surface area contributed by atoms with Gasteiger partial charge in [-0.05, 0) is 51.3 Å². The molecule has 0 aliphatic rings. The van der Waals surface area contributed by atoms with Crippen molar-refractivity contribution in [1.29, 1.82) is 0 Å². The smallest absolute Gasteiger partial charge is 0.226 e. The van der Waals surface area contributed by atoms with Crippen LogP contribution in [0.1, 0.15) is 12.5 Å². The number of hydrogen-bond acceptors (Lipinski definition) is 6. The van der Waals surface area contributed by atoms with E-state index in [1.54, 1.807) is 22.7 Å². The van der Waals surface area contributed by atoms with E-state index in [0.29, 0.717) is 5.95 Å². The Morgan fingerprint density at radius 3 is 2.90 bits per heavy atom. The highest BCUT2D eigenvalue weighted by Gasteiger charge is 2.13. The van der Waals surface area contributed by atoms with E-state index in [9.17, 15) is 0 Å². The van der Waals surface area contributed by atoms with E-state index in [1.165, 1.54) is 5.56 Å². The molecule has 0 aliphatic carbocycles. The van der Waals surface area contributed by atoms with Gasteiger partial charge in [-0.15, -0.1) is 22.7 Å². The average Bonchev–Trinajstić information content (AvgIpc) is 3.07. The normalized spacial score (nSPS) is 11.0. The van der Waals surface area contributed by atoms with E-state index in [-0.39, 0.29) is 0 Å². The summed E-state index contributed by atoms with van der Waals surface area (Å²) >= 11 is 6.86. The van der Waals surface area contributed by atoms with Crippen LogP contribution in [-0.2, 0) is 6.54 Å². The molecule has 0 saturated carbocycles. The van der Waals surface area contributed by atoms with Crippen molar-refractivity contribution in [2.45, 2.75) is 13.5 Å². The zero-order valence-electron chi connectivity index (χ0n) is 11.8. The molecule has 4 nitrogen and oxygen atoms in total. The summed E-state index contributed by atoms with van der Waals surface area (Å²) < 4.78 is 1.16. The fourth-order valence-electron chi connectivity index (χ4n) is 2.15. The highest BCUT2D eigenvalue weighted by atomic mass is 79.9. The Balaban J connectivity index is 1.95. The van der Waals surface area contributed by atoms with Crippen molar-refractivity contribution in [3.05, 3.63) is 32.2 Å². The summed E-state index contributed by atoms with van der Waals surface area (Å²) in [7, 11) is 2.07. The monoisotopic (exact) mass is 382 g/mol. The molecule has 0 fully saturated rings. The van der Waals surface area contributed by atoms with Crippen LogP contribution in [-0.4, -0.2) is 23.6 Å². The molecule has 3 aromatic heterocycles. The lowest BCUT2D eigenvalue weighted by Crippen LogP contribution is -2.18. The molecule has 0 radical (unpaired) electrons. The number of aromatic nitrogens is 2. The summed E-state index contributed by atoms with van der Waals surface area (Å²) in [6.45, 7) is 3.70. The summed E-state index contributed by atoms with van der Waals surface area (Å²) in [5, 5.41) is 8.54. The van der Waals surface area contributed by atoms with Crippen LogP contribution in [0.2, 0.25) is 0 Å². The average molecular weight is 383 g/mol. The molecular formula is C14H15BrN4S2. The van der Waals surface area contributed by atoms with Gasteiger partial charge in [-0.1, -0.05) is 0 Å². The highest BCUT2D eigenvalue weighted by Crippen LogP contribution is 2.30. The maximum atomic E-state index is 4.67. The molecule has 3 heterocycles. The quantitative estimate of drug-likeness (QED) is 0.700. The summed E-state index contributed by atoms with van der Waals surface area (Å²) in [5.74, 6) is 1.67. The Morgan fingerprint density at radius 2 is 2.19 bits per heavy atom. The molecule has 0 unspecified atom stereocenters. The van der Waals surface area contributed by atoms with E-state index in [4.69, 9.17) is 0 Å². The standard InChI is InChI=1S/C14H15BrN4S2/c1-3-16-14-17-12(10-4-5-20-13(10)18-14)19(2)7-9-6-11(15)21-8-9/h4-6,8H,3,7H2,1-2H3,(H,16,17,18). The number of nitrogens with one attached hydrogen (secondary N) is 1. The van der Waals surface area contributed by atoms with Crippen LogP contribution in [0.5, 0.6) is 0 Å². The second-order valence-electron chi connectivity index (χ2n) is 4.66. The van der Waals surface area contributed by atoms with Crippen molar-refractivity contribution in [1.82, 2.24) is 9.97 Å². The van der Waals surface area contributed by atoms with E-state index in [2.05, 4.69) is 66.1 Å². The third kappa shape index (κ3) is 3.20. The van der Waals surface area contributed by atoms with Crippen LogP contribution in [0.4, 0.5) is 11.8 Å².